The van der Waals surface area contributed by atoms with Crippen LogP contribution in [0.2, 0.25) is 0 Å². The molecule has 0 unspecified atom stereocenters. The first-order valence-corrected chi connectivity index (χ1v) is 6.34. The minimum absolute atomic E-state index is 0.126. The molecule has 0 radical (unpaired) electrons. The zero-order valence-corrected chi connectivity index (χ0v) is 11.4. The number of hydrogen-bond acceptors (Lipinski definition) is 2. The fraction of sp³-hybridized carbons (Fsp3) is 0.188. The topological polar surface area (TPSA) is 21.6 Å². The molecule has 5 heteroatoms. The molecule has 21 heavy (non-hydrogen) atoms. The van der Waals surface area contributed by atoms with E-state index in [1.165, 1.54) is 12.1 Å². The minimum atomic E-state index is -4.32. The van der Waals surface area contributed by atoms with Crippen molar-refractivity contribution < 1.29 is 18.0 Å². The van der Waals surface area contributed by atoms with Crippen LogP contribution in [-0.4, -0.2) is 6.21 Å². The maximum atomic E-state index is 12.4. The van der Waals surface area contributed by atoms with E-state index in [0.717, 1.165) is 23.3 Å². The average molecular weight is 293 g/mol. The van der Waals surface area contributed by atoms with Crippen LogP contribution in [-0.2, 0) is 17.6 Å². The summed E-state index contributed by atoms with van der Waals surface area (Å²) in [6.07, 6.45) is -2.73. The highest BCUT2D eigenvalue weighted by molar-refractivity contribution is 5.81. The highest BCUT2D eigenvalue weighted by Crippen LogP contribution is 2.29. The van der Waals surface area contributed by atoms with Gasteiger partial charge in [0.2, 0.25) is 0 Å². The number of hydrogen-bond donors (Lipinski definition) is 0. The Bertz CT molecular complexity index is 618. The Balaban J connectivity index is 1.91. The largest absolute Gasteiger partial charge is 0.416 e. The van der Waals surface area contributed by atoms with Crippen molar-refractivity contribution in [3.8, 4) is 0 Å². The molecular formula is C16H14F3NO. The highest BCUT2D eigenvalue weighted by Gasteiger charge is 2.29. The molecule has 2 nitrogen and oxygen atoms in total. The van der Waals surface area contributed by atoms with E-state index in [4.69, 9.17) is 4.84 Å². The summed E-state index contributed by atoms with van der Waals surface area (Å²) in [5, 5.41) is 3.82. The quantitative estimate of drug-likeness (QED) is 0.598. The van der Waals surface area contributed by atoms with Crippen molar-refractivity contribution in [2.45, 2.75) is 19.7 Å². The van der Waals surface area contributed by atoms with E-state index in [1.54, 1.807) is 6.21 Å². The van der Waals surface area contributed by atoms with Gasteiger partial charge in [0.25, 0.3) is 0 Å². The summed E-state index contributed by atoms with van der Waals surface area (Å²) in [5.74, 6) is 0. The van der Waals surface area contributed by atoms with Crippen LogP contribution in [0.4, 0.5) is 13.2 Å². The van der Waals surface area contributed by atoms with Crippen molar-refractivity contribution in [1.82, 2.24) is 0 Å². The number of aryl methyl sites for hydroxylation is 1. The van der Waals surface area contributed by atoms with Crippen molar-refractivity contribution in [2.75, 3.05) is 0 Å². The van der Waals surface area contributed by atoms with Gasteiger partial charge in [0, 0.05) is 0 Å². The number of alkyl halides is 3. The van der Waals surface area contributed by atoms with Gasteiger partial charge in [-0.1, -0.05) is 41.6 Å². The van der Waals surface area contributed by atoms with Gasteiger partial charge in [-0.2, -0.15) is 13.2 Å². The van der Waals surface area contributed by atoms with Gasteiger partial charge in [0.15, 0.2) is 0 Å². The normalized spacial score (nSPS) is 11.8. The second kappa shape index (κ2) is 6.43. The lowest BCUT2D eigenvalue weighted by molar-refractivity contribution is -0.137. The lowest BCUT2D eigenvalue weighted by atomic mass is 10.1. The molecule has 0 aromatic heterocycles. The Kier molecular flexibility index (Phi) is 4.62. The molecule has 0 bridgehead atoms. The molecule has 0 heterocycles. The third-order valence-corrected chi connectivity index (χ3v) is 2.97. The van der Waals surface area contributed by atoms with Crippen molar-refractivity contribution in [3.05, 3.63) is 70.8 Å². The molecule has 0 aliphatic carbocycles. The van der Waals surface area contributed by atoms with E-state index in [9.17, 15) is 13.2 Å². The third kappa shape index (κ3) is 4.34. The first-order valence-electron chi connectivity index (χ1n) is 6.34. The summed E-state index contributed by atoms with van der Waals surface area (Å²) in [7, 11) is 0. The smallest absolute Gasteiger partial charge is 0.391 e. The van der Waals surface area contributed by atoms with E-state index in [2.05, 4.69) is 5.16 Å². The van der Waals surface area contributed by atoms with Crippen LogP contribution in [0.15, 0.2) is 53.7 Å². The molecule has 0 spiro atoms. The maximum absolute atomic E-state index is 12.4. The first-order chi connectivity index (χ1) is 9.97. The molecule has 0 fully saturated rings. The minimum Gasteiger partial charge on any atom is -0.391 e. The monoisotopic (exact) mass is 293 g/mol. The van der Waals surface area contributed by atoms with Crippen molar-refractivity contribution in [2.24, 2.45) is 5.16 Å². The van der Waals surface area contributed by atoms with Crippen LogP contribution < -0.4 is 0 Å². The highest BCUT2D eigenvalue weighted by atomic mass is 19.4. The van der Waals surface area contributed by atoms with E-state index in [0.29, 0.717) is 5.56 Å². The molecule has 0 aliphatic rings. The van der Waals surface area contributed by atoms with Gasteiger partial charge < -0.3 is 4.84 Å². The molecule has 2 aromatic carbocycles. The molecule has 0 saturated heterocycles. The fourth-order valence-electron chi connectivity index (χ4n) is 1.73. The van der Waals surface area contributed by atoms with Crippen LogP contribution in [0.25, 0.3) is 0 Å². The molecule has 0 atom stereocenters. The first kappa shape index (κ1) is 15.1. The summed E-state index contributed by atoms with van der Waals surface area (Å²) >= 11 is 0. The molecular weight excluding hydrogens is 279 g/mol. The zero-order valence-electron chi connectivity index (χ0n) is 11.4. The average Bonchev–Trinajstić information content (AvgIpc) is 2.45. The predicted octanol–water partition coefficient (Wildman–Crippen LogP) is 4.56. The number of nitrogens with zero attached hydrogens (tertiary/aromatic N) is 1. The predicted molar refractivity (Wildman–Crippen MR) is 75.0 cm³/mol. The lowest BCUT2D eigenvalue weighted by Crippen LogP contribution is -2.04. The molecule has 2 aromatic rings. The van der Waals surface area contributed by atoms with Crippen LogP contribution in [0.1, 0.15) is 22.3 Å². The Morgan fingerprint density at radius 2 is 1.71 bits per heavy atom. The summed E-state index contributed by atoms with van der Waals surface area (Å²) < 4.78 is 37.2. The molecule has 0 N–H and O–H groups in total. The Morgan fingerprint density at radius 3 is 2.33 bits per heavy atom. The van der Waals surface area contributed by atoms with Gasteiger partial charge in [0.05, 0.1) is 11.8 Å². The molecule has 0 aliphatic heterocycles. The Hall–Kier alpha value is -2.30. The zero-order chi connectivity index (χ0) is 15.3. The number of halogens is 3. The van der Waals surface area contributed by atoms with Crippen LogP contribution >= 0.6 is 0 Å². The lowest BCUT2D eigenvalue weighted by Gasteiger charge is -2.07. The van der Waals surface area contributed by atoms with Crippen molar-refractivity contribution in [1.29, 1.82) is 0 Å². The van der Waals surface area contributed by atoms with Crippen molar-refractivity contribution in [3.63, 3.8) is 0 Å². The van der Waals surface area contributed by atoms with Gasteiger partial charge in [-0.25, -0.2) is 0 Å². The Labute approximate surface area is 120 Å². The second-order valence-electron chi connectivity index (χ2n) is 4.56. The SMILES string of the molecule is Cc1ccccc1C=NOCc1ccc(C(F)(F)F)cc1. The molecule has 110 valence electrons. The van der Waals surface area contributed by atoms with Gasteiger partial charge in [-0.15, -0.1) is 0 Å². The van der Waals surface area contributed by atoms with E-state index < -0.39 is 11.7 Å². The Morgan fingerprint density at radius 1 is 1.05 bits per heavy atom. The van der Waals surface area contributed by atoms with E-state index in [-0.39, 0.29) is 6.61 Å². The number of benzene rings is 2. The van der Waals surface area contributed by atoms with Gasteiger partial charge >= 0.3 is 6.18 Å². The van der Waals surface area contributed by atoms with E-state index in [1.807, 2.05) is 31.2 Å². The second-order valence-corrected chi connectivity index (χ2v) is 4.56. The van der Waals surface area contributed by atoms with Gasteiger partial charge in [-0.05, 0) is 35.7 Å². The maximum Gasteiger partial charge on any atom is 0.416 e. The van der Waals surface area contributed by atoms with Crippen molar-refractivity contribution >= 4 is 6.21 Å². The summed E-state index contributed by atoms with van der Waals surface area (Å²) in [6, 6.07) is 12.5. The summed E-state index contributed by atoms with van der Waals surface area (Å²) in [5.41, 5.74) is 1.96. The number of oxime groups is 1. The van der Waals surface area contributed by atoms with Gasteiger partial charge in [0.1, 0.15) is 6.61 Å². The summed E-state index contributed by atoms with van der Waals surface area (Å²) in [6.45, 7) is 2.08. The molecule has 2 rings (SSSR count). The van der Waals surface area contributed by atoms with E-state index >= 15 is 0 Å². The molecule has 0 saturated carbocycles. The third-order valence-electron chi connectivity index (χ3n) is 2.97. The standard InChI is InChI=1S/C16H14F3NO/c1-12-4-2-3-5-14(12)10-20-21-11-13-6-8-15(9-7-13)16(17,18)19/h2-10H,11H2,1H3. The molecule has 0 amide bonds. The van der Waals surface area contributed by atoms with Gasteiger partial charge in [-0.3, -0.25) is 0 Å². The fourth-order valence-corrected chi connectivity index (χ4v) is 1.73. The van der Waals surface area contributed by atoms with Crippen LogP contribution in [0.3, 0.4) is 0 Å². The van der Waals surface area contributed by atoms with Crippen LogP contribution in [0, 0.1) is 6.92 Å². The number of rotatable bonds is 4. The summed E-state index contributed by atoms with van der Waals surface area (Å²) in [4.78, 5) is 5.09. The van der Waals surface area contributed by atoms with Crippen LogP contribution in [0.5, 0.6) is 0 Å².